The highest BCUT2D eigenvalue weighted by atomic mass is 35.5. The van der Waals surface area contributed by atoms with Crippen molar-refractivity contribution in [3.05, 3.63) is 35.9 Å². The van der Waals surface area contributed by atoms with Crippen LogP contribution in [0.2, 0.25) is 0 Å². The topological polar surface area (TPSA) is 93.7 Å². The maximum absolute atomic E-state index is 13.0. The average molecular weight is 391 g/mol. The second-order valence-corrected chi connectivity index (χ2v) is 7.44. The van der Waals surface area contributed by atoms with Gasteiger partial charge in [0, 0.05) is 18.0 Å². The van der Waals surface area contributed by atoms with Crippen molar-refractivity contribution in [1.29, 1.82) is 0 Å². The highest BCUT2D eigenvalue weighted by Crippen LogP contribution is 2.52. The first-order valence-corrected chi connectivity index (χ1v) is 10.2. The molecule has 0 aliphatic heterocycles. The molecule has 0 heterocycles. The van der Waals surface area contributed by atoms with Crippen LogP contribution in [0, 0.1) is 0 Å². The van der Waals surface area contributed by atoms with Crippen LogP contribution in [0.25, 0.3) is 0 Å². The quantitative estimate of drug-likeness (QED) is 0.344. The van der Waals surface area contributed by atoms with Gasteiger partial charge in [-0.05, 0) is 32.4 Å². The van der Waals surface area contributed by atoms with E-state index in [9.17, 15) is 14.2 Å². The molecule has 1 aromatic rings. The molecule has 9 heteroatoms. The summed E-state index contributed by atoms with van der Waals surface area (Å²) in [5.74, 6) is -2.26. The van der Waals surface area contributed by atoms with Crippen LogP contribution >= 0.6 is 19.2 Å². The third-order valence-electron chi connectivity index (χ3n) is 3.10. The summed E-state index contributed by atoms with van der Waals surface area (Å²) in [4.78, 5) is 24.9. The zero-order valence-electron chi connectivity index (χ0n) is 14.4. The van der Waals surface area contributed by atoms with E-state index in [-0.39, 0.29) is 19.8 Å². The zero-order valence-corrected chi connectivity index (χ0v) is 16.0. The molecule has 7 nitrogen and oxygen atoms in total. The Balaban J connectivity index is 3.02. The summed E-state index contributed by atoms with van der Waals surface area (Å²) in [6.45, 7) is 3.70. The molecule has 25 heavy (non-hydrogen) atoms. The Bertz CT molecular complexity index is 589. The van der Waals surface area contributed by atoms with Crippen LogP contribution in [-0.4, -0.2) is 43.2 Å². The summed E-state index contributed by atoms with van der Waals surface area (Å²) in [5.41, 5.74) is 0.334. The number of hydrogen-bond donors (Lipinski definition) is 2. The Morgan fingerprint density at radius 2 is 1.76 bits per heavy atom. The fourth-order valence-electron chi connectivity index (χ4n) is 2.01. The van der Waals surface area contributed by atoms with Gasteiger partial charge in [0.25, 0.3) is 11.8 Å². The number of hydrogen-bond acceptors (Lipinski definition) is 5. The first kappa shape index (κ1) is 21.6. The molecule has 2 N–H and O–H groups in total. The number of amides is 2. The Morgan fingerprint density at radius 1 is 1.16 bits per heavy atom. The lowest BCUT2D eigenvalue weighted by molar-refractivity contribution is -0.121. The molecule has 140 valence electrons. The first-order valence-electron chi connectivity index (χ1n) is 8.06. The molecule has 0 saturated carbocycles. The van der Waals surface area contributed by atoms with Gasteiger partial charge < -0.3 is 19.7 Å². The molecule has 0 radical (unpaired) electrons. The molecule has 0 spiro atoms. The van der Waals surface area contributed by atoms with Gasteiger partial charge in [-0.15, -0.1) is 11.6 Å². The maximum Gasteiger partial charge on any atom is 0.362 e. The van der Waals surface area contributed by atoms with Crippen molar-refractivity contribution in [1.82, 2.24) is 10.6 Å². The van der Waals surface area contributed by atoms with E-state index in [1.807, 2.05) is 0 Å². The second kappa shape index (κ2) is 11.3. The fourth-order valence-corrected chi connectivity index (χ4v) is 3.89. The molecule has 1 aromatic carbocycles. The molecule has 1 rings (SSSR count). The van der Waals surface area contributed by atoms with E-state index in [0.717, 1.165) is 0 Å². The minimum absolute atomic E-state index is 0.0734. The fraction of sp³-hybridized carbons (Fsp3) is 0.500. The largest absolute Gasteiger partial charge is 0.362 e. The van der Waals surface area contributed by atoms with Crippen LogP contribution in [0.3, 0.4) is 0 Å². The van der Waals surface area contributed by atoms with Crippen molar-refractivity contribution in [2.45, 2.75) is 26.1 Å². The smallest absolute Gasteiger partial charge is 0.354 e. The van der Waals surface area contributed by atoms with Crippen LogP contribution in [0.5, 0.6) is 0 Å². The van der Waals surface area contributed by atoms with Crippen LogP contribution in [0.4, 0.5) is 0 Å². The van der Waals surface area contributed by atoms with E-state index in [0.29, 0.717) is 17.9 Å². The Hall–Kier alpha value is -1.40. The minimum atomic E-state index is -3.89. The highest BCUT2D eigenvalue weighted by Gasteiger charge is 2.42. The third kappa shape index (κ3) is 6.78. The van der Waals surface area contributed by atoms with Crippen molar-refractivity contribution < 1.29 is 23.2 Å². The number of carbonyl (C=O) groups excluding carboxylic acids is 2. The molecular weight excluding hydrogens is 367 g/mol. The standard InChI is InChI=1S/C16H24ClN2O5P/c1-3-23-25(22,24-4-2)16(15(21)18-12-8-11-17)19-14(20)13-9-6-5-7-10-13/h5-7,9-10,16H,3-4,8,11-12H2,1-2H3,(H,18,21)(H,19,20). The van der Waals surface area contributed by atoms with E-state index in [1.165, 1.54) is 0 Å². The molecule has 0 aliphatic rings. The van der Waals surface area contributed by atoms with Crippen LogP contribution in [0.1, 0.15) is 30.6 Å². The van der Waals surface area contributed by atoms with Crippen LogP contribution < -0.4 is 10.6 Å². The summed E-state index contributed by atoms with van der Waals surface area (Å²) in [7, 11) is -3.89. The van der Waals surface area contributed by atoms with E-state index >= 15 is 0 Å². The van der Waals surface area contributed by atoms with Crippen molar-refractivity contribution in [3.63, 3.8) is 0 Å². The number of carbonyl (C=O) groups is 2. The van der Waals surface area contributed by atoms with Gasteiger partial charge in [0.1, 0.15) is 0 Å². The van der Waals surface area contributed by atoms with Crippen LogP contribution in [0.15, 0.2) is 30.3 Å². The molecular formula is C16H24ClN2O5P. The Kier molecular flexibility index (Phi) is 9.75. The van der Waals surface area contributed by atoms with E-state index in [2.05, 4.69) is 10.6 Å². The second-order valence-electron chi connectivity index (χ2n) is 4.95. The molecule has 1 unspecified atom stereocenters. The first-order chi connectivity index (χ1) is 12.0. The van der Waals surface area contributed by atoms with Gasteiger partial charge in [-0.1, -0.05) is 18.2 Å². The van der Waals surface area contributed by atoms with Crippen molar-refractivity contribution >= 4 is 31.0 Å². The van der Waals surface area contributed by atoms with Gasteiger partial charge in [0.2, 0.25) is 5.78 Å². The lowest BCUT2D eigenvalue weighted by Crippen LogP contribution is -2.47. The van der Waals surface area contributed by atoms with Crippen molar-refractivity contribution in [2.75, 3.05) is 25.6 Å². The Morgan fingerprint density at radius 3 is 2.28 bits per heavy atom. The van der Waals surface area contributed by atoms with E-state index in [1.54, 1.807) is 44.2 Å². The molecule has 0 aromatic heterocycles. The summed E-state index contributed by atoms with van der Waals surface area (Å²) < 4.78 is 23.5. The monoisotopic (exact) mass is 390 g/mol. The Labute approximate surface area is 152 Å². The summed E-state index contributed by atoms with van der Waals surface area (Å²) >= 11 is 5.59. The lowest BCUT2D eigenvalue weighted by Gasteiger charge is -2.26. The van der Waals surface area contributed by atoms with E-state index < -0.39 is 25.2 Å². The maximum atomic E-state index is 13.0. The molecule has 0 bridgehead atoms. The van der Waals surface area contributed by atoms with Gasteiger partial charge in [0.05, 0.1) is 13.2 Å². The van der Waals surface area contributed by atoms with Crippen LogP contribution in [-0.2, 0) is 18.4 Å². The van der Waals surface area contributed by atoms with Crippen molar-refractivity contribution in [2.24, 2.45) is 0 Å². The van der Waals surface area contributed by atoms with Gasteiger partial charge >= 0.3 is 7.60 Å². The number of nitrogens with one attached hydrogen (secondary N) is 2. The number of rotatable bonds is 11. The van der Waals surface area contributed by atoms with Gasteiger partial charge in [-0.2, -0.15) is 0 Å². The average Bonchev–Trinajstić information content (AvgIpc) is 2.60. The normalized spacial score (nSPS) is 12.4. The highest BCUT2D eigenvalue weighted by molar-refractivity contribution is 7.55. The predicted molar refractivity (Wildman–Crippen MR) is 96.9 cm³/mol. The number of benzene rings is 1. The van der Waals surface area contributed by atoms with Gasteiger partial charge in [0.15, 0.2) is 0 Å². The van der Waals surface area contributed by atoms with Crippen molar-refractivity contribution in [3.8, 4) is 0 Å². The molecule has 2 amide bonds. The predicted octanol–water partition coefficient (Wildman–Crippen LogP) is 2.75. The SMILES string of the molecule is CCOP(=O)(OCC)C(NC(=O)c1ccccc1)C(=O)NCCCCl. The number of halogens is 1. The van der Waals surface area contributed by atoms with Gasteiger partial charge in [-0.25, -0.2) is 0 Å². The third-order valence-corrected chi connectivity index (χ3v) is 5.60. The zero-order chi connectivity index (χ0) is 18.7. The summed E-state index contributed by atoms with van der Waals surface area (Å²) in [6.07, 6.45) is 0.542. The van der Waals surface area contributed by atoms with Gasteiger partial charge in [-0.3, -0.25) is 14.2 Å². The van der Waals surface area contributed by atoms with E-state index in [4.69, 9.17) is 20.6 Å². The summed E-state index contributed by atoms with van der Waals surface area (Å²) in [5, 5.41) is 5.07. The molecule has 0 fully saturated rings. The lowest BCUT2D eigenvalue weighted by atomic mass is 10.2. The molecule has 1 atom stereocenters. The summed E-state index contributed by atoms with van der Waals surface area (Å²) in [6, 6.07) is 8.32. The number of alkyl halides is 1. The molecule has 0 aliphatic carbocycles. The minimum Gasteiger partial charge on any atom is -0.354 e. The molecule has 0 saturated heterocycles.